The van der Waals surface area contributed by atoms with Crippen LogP contribution in [0.1, 0.15) is 31.9 Å². The van der Waals surface area contributed by atoms with E-state index in [2.05, 4.69) is 10.3 Å². The first-order chi connectivity index (χ1) is 8.82. The molecule has 1 aliphatic heterocycles. The van der Waals surface area contributed by atoms with Crippen molar-refractivity contribution in [1.82, 2.24) is 15.2 Å². The summed E-state index contributed by atoms with van der Waals surface area (Å²) < 4.78 is 0. The molecule has 0 saturated carbocycles. The highest BCUT2D eigenvalue weighted by atomic mass is 16.2. The van der Waals surface area contributed by atoms with Gasteiger partial charge in [-0.15, -0.1) is 0 Å². The second kappa shape index (κ2) is 4.64. The second-order valence-corrected chi connectivity index (χ2v) is 5.55. The highest BCUT2D eigenvalue weighted by Crippen LogP contribution is 2.23. The highest BCUT2D eigenvalue weighted by molar-refractivity contribution is 5.99. The van der Waals surface area contributed by atoms with Gasteiger partial charge in [0, 0.05) is 18.9 Å². The summed E-state index contributed by atoms with van der Waals surface area (Å²) in [7, 11) is 0. The molecule has 0 radical (unpaired) electrons. The maximum Gasteiger partial charge on any atom is 0.246 e. The Balaban J connectivity index is 2.30. The van der Waals surface area contributed by atoms with Crippen LogP contribution in [0.25, 0.3) is 0 Å². The maximum atomic E-state index is 12.3. The summed E-state index contributed by atoms with van der Waals surface area (Å²) in [5.41, 5.74) is 1.13. The Bertz CT molecular complexity index is 525. The van der Waals surface area contributed by atoms with Gasteiger partial charge >= 0.3 is 0 Å². The molecule has 1 aromatic rings. The zero-order valence-electron chi connectivity index (χ0n) is 11.7. The van der Waals surface area contributed by atoms with Crippen molar-refractivity contribution in [3.05, 3.63) is 29.6 Å². The van der Waals surface area contributed by atoms with E-state index in [9.17, 15) is 9.59 Å². The Morgan fingerprint density at radius 1 is 1.37 bits per heavy atom. The smallest absolute Gasteiger partial charge is 0.246 e. The number of hydrogen-bond acceptors (Lipinski definition) is 3. The lowest BCUT2D eigenvalue weighted by molar-refractivity contribution is -0.155. The third-order valence-electron chi connectivity index (χ3n) is 3.49. The van der Waals surface area contributed by atoms with E-state index in [-0.39, 0.29) is 11.8 Å². The van der Waals surface area contributed by atoms with Crippen LogP contribution in [-0.4, -0.2) is 33.3 Å². The first kappa shape index (κ1) is 13.5. The van der Waals surface area contributed by atoms with Crippen molar-refractivity contribution < 1.29 is 9.59 Å². The number of aromatic nitrogens is 1. The Morgan fingerprint density at radius 2 is 2.05 bits per heavy atom. The van der Waals surface area contributed by atoms with E-state index in [1.807, 2.05) is 13.0 Å². The monoisotopic (exact) mass is 261 g/mol. The lowest BCUT2D eigenvalue weighted by Gasteiger charge is -2.43. The van der Waals surface area contributed by atoms with Gasteiger partial charge in [-0.3, -0.25) is 14.6 Å². The quantitative estimate of drug-likeness (QED) is 0.864. The molecule has 102 valence electrons. The molecule has 2 heterocycles. The van der Waals surface area contributed by atoms with Gasteiger partial charge in [-0.2, -0.15) is 0 Å². The van der Waals surface area contributed by atoms with Crippen LogP contribution < -0.4 is 5.32 Å². The molecule has 5 nitrogen and oxygen atoms in total. The molecule has 2 amide bonds. The molecule has 1 unspecified atom stereocenters. The number of nitrogens with zero attached hydrogens (tertiary/aromatic N) is 2. The van der Waals surface area contributed by atoms with Crippen molar-refractivity contribution in [1.29, 1.82) is 0 Å². The predicted octanol–water partition coefficient (Wildman–Crippen LogP) is 1.02. The molecular weight excluding hydrogens is 242 g/mol. The molecule has 1 fully saturated rings. The van der Waals surface area contributed by atoms with Gasteiger partial charge in [-0.1, -0.05) is 6.07 Å². The van der Waals surface area contributed by atoms with Crippen molar-refractivity contribution in [2.45, 2.75) is 45.8 Å². The van der Waals surface area contributed by atoms with Gasteiger partial charge in [0.05, 0.1) is 0 Å². The van der Waals surface area contributed by atoms with E-state index < -0.39 is 11.6 Å². The zero-order valence-corrected chi connectivity index (χ0v) is 11.7. The molecule has 0 aromatic carbocycles. The largest absolute Gasteiger partial charge is 0.343 e. The minimum Gasteiger partial charge on any atom is -0.343 e. The van der Waals surface area contributed by atoms with E-state index in [1.165, 1.54) is 0 Å². The van der Waals surface area contributed by atoms with Crippen molar-refractivity contribution in [2.75, 3.05) is 0 Å². The molecule has 0 aliphatic carbocycles. The number of nitrogens with one attached hydrogen (secondary N) is 1. The number of amides is 2. The van der Waals surface area contributed by atoms with E-state index in [1.54, 1.807) is 38.1 Å². The molecule has 1 atom stereocenters. The van der Waals surface area contributed by atoms with Crippen LogP contribution >= 0.6 is 0 Å². The molecule has 19 heavy (non-hydrogen) atoms. The number of rotatable bonds is 2. The van der Waals surface area contributed by atoms with Gasteiger partial charge in [-0.05, 0) is 38.8 Å². The minimum absolute atomic E-state index is 0.0638. The summed E-state index contributed by atoms with van der Waals surface area (Å²) in [5.74, 6) is -0.189. The molecule has 1 aliphatic rings. The van der Waals surface area contributed by atoms with Crippen molar-refractivity contribution in [2.24, 2.45) is 0 Å². The fourth-order valence-corrected chi connectivity index (χ4v) is 2.23. The SMILES string of the molecule is Cc1cncc(CN2C(=O)C(C)NC(=O)C2(C)C)c1. The lowest BCUT2D eigenvalue weighted by Crippen LogP contribution is -2.67. The summed E-state index contributed by atoms with van der Waals surface area (Å²) in [6.07, 6.45) is 3.50. The van der Waals surface area contributed by atoms with Gasteiger partial charge in [0.25, 0.3) is 0 Å². The zero-order chi connectivity index (χ0) is 14.2. The molecular formula is C14H19N3O2. The Labute approximate surface area is 113 Å². The average Bonchev–Trinajstić information content (AvgIpc) is 2.33. The topological polar surface area (TPSA) is 62.3 Å². The predicted molar refractivity (Wildman–Crippen MR) is 71.2 cm³/mol. The van der Waals surface area contributed by atoms with E-state index >= 15 is 0 Å². The second-order valence-electron chi connectivity index (χ2n) is 5.55. The van der Waals surface area contributed by atoms with E-state index in [4.69, 9.17) is 0 Å². The van der Waals surface area contributed by atoms with Gasteiger partial charge in [0.1, 0.15) is 11.6 Å². The summed E-state index contributed by atoms with van der Waals surface area (Å²) in [4.78, 5) is 30.0. The molecule has 1 N–H and O–H groups in total. The van der Waals surface area contributed by atoms with Crippen molar-refractivity contribution in [3.63, 3.8) is 0 Å². The van der Waals surface area contributed by atoms with Crippen LogP contribution in [0.4, 0.5) is 0 Å². The number of hydrogen-bond donors (Lipinski definition) is 1. The summed E-state index contributed by atoms with van der Waals surface area (Å²) in [6.45, 7) is 7.58. The average molecular weight is 261 g/mol. The number of pyridine rings is 1. The third kappa shape index (κ3) is 2.45. The van der Waals surface area contributed by atoms with Crippen molar-refractivity contribution >= 4 is 11.8 Å². The fourth-order valence-electron chi connectivity index (χ4n) is 2.23. The fraction of sp³-hybridized carbons (Fsp3) is 0.500. The molecule has 1 aromatic heterocycles. The molecule has 0 spiro atoms. The van der Waals surface area contributed by atoms with Crippen LogP contribution in [0.2, 0.25) is 0 Å². The Kier molecular flexibility index (Phi) is 3.30. The first-order valence-electron chi connectivity index (χ1n) is 6.35. The van der Waals surface area contributed by atoms with Crippen LogP contribution in [-0.2, 0) is 16.1 Å². The van der Waals surface area contributed by atoms with Crippen LogP contribution in [0.15, 0.2) is 18.5 Å². The number of carbonyl (C=O) groups excluding carboxylic acids is 2. The first-order valence-corrected chi connectivity index (χ1v) is 6.35. The summed E-state index contributed by atoms with van der Waals surface area (Å²) in [6, 6.07) is 1.51. The van der Waals surface area contributed by atoms with Gasteiger partial charge in [0.2, 0.25) is 11.8 Å². The Hall–Kier alpha value is -1.91. The summed E-state index contributed by atoms with van der Waals surface area (Å²) in [5, 5.41) is 2.70. The molecule has 0 bridgehead atoms. The third-order valence-corrected chi connectivity index (χ3v) is 3.49. The van der Waals surface area contributed by atoms with Crippen molar-refractivity contribution in [3.8, 4) is 0 Å². The number of piperazine rings is 1. The molecule has 1 saturated heterocycles. The molecule has 2 rings (SSSR count). The highest BCUT2D eigenvalue weighted by Gasteiger charge is 2.44. The normalized spacial score (nSPS) is 22.3. The standard InChI is InChI=1S/C14H19N3O2/c1-9-5-11(7-15-6-9)8-17-12(18)10(2)16-13(19)14(17,3)4/h5-7,10H,8H2,1-4H3,(H,16,19). The van der Waals surface area contributed by atoms with Gasteiger partial charge in [0.15, 0.2) is 0 Å². The van der Waals surface area contributed by atoms with Crippen LogP contribution in [0, 0.1) is 6.92 Å². The Morgan fingerprint density at radius 3 is 2.68 bits per heavy atom. The maximum absolute atomic E-state index is 12.3. The van der Waals surface area contributed by atoms with Gasteiger partial charge in [-0.25, -0.2) is 0 Å². The number of carbonyl (C=O) groups is 2. The number of aryl methyl sites for hydroxylation is 1. The minimum atomic E-state index is -0.840. The lowest BCUT2D eigenvalue weighted by atomic mass is 9.95. The van der Waals surface area contributed by atoms with Crippen LogP contribution in [0.5, 0.6) is 0 Å². The molecule has 5 heteroatoms. The van der Waals surface area contributed by atoms with E-state index in [0.29, 0.717) is 6.54 Å². The summed E-state index contributed by atoms with van der Waals surface area (Å²) >= 11 is 0. The van der Waals surface area contributed by atoms with Crippen LogP contribution in [0.3, 0.4) is 0 Å². The van der Waals surface area contributed by atoms with Gasteiger partial charge < -0.3 is 10.2 Å². The van der Waals surface area contributed by atoms with E-state index in [0.717, 1.165) is 11.1 Å².